The molecule has 2 N–H and O–H groups in total. The van der Waals surface area contributed by atoms with Gasteiger partial charge in [0.05, 0.1) is 6.33 Å². The molecule has 0 saturated carbocycles. The maximum absolute atomic E-state index is 12.0. The van der Waals surface area contributed by atoms with E-state index in [1.807, 2.05) is 7.05 Å². The molecule has 0 fully saturated rings. The van der Waals surface area contributed by atoms with E-state index in [0.717, 1.165) is 5.56 Å². The molecule has 2 rings (SSSR count). The van der Waals surface area contributed by atoms with Gasteiger partial charge in [0, 0.05) is 38.2 Å². The Labute approximate surface area is 118 Å². The Morgan fingerprint density at radius 1 is 1.35 bits per heavy atom. The first-order valence-electron chi connectivity index (χ1n) is 6.17. The zero-order valence-corrected chi connectivity index (χ0v) is 12.0. The van der Waals surface area contributed by atoms with E-state index >= 15 is 0 Å². The predicted octanol–water partition coefficient (Wildman–Crippen LogP) is -0.0240. The van der Waals surface area contributed by atoms with E-state index in [4.69, 9.17) is 0 Å². The van der Waals surface area contributed by atoms with Crippen molar-refractivity contribution in [3.05, 3.63) is 42.6 Å². The molecule has 0 aliphatic carbocycles. The van der Waals surface area contributed by atoms with E-state index in [1.165, 1.54) is 6.07 Å². The summed E-state index contributed by atoms with van der Waals surface area (Å²) in [6.07, 6.45) is 6.62. The molecule has 0 radical (unpaired) electrons. The SMILES string of the molecule is CNCc1ccc(S(=O)(=O)NCCn2ccnc2)nc1. The molecule has 2 aromatic rings. The van der Waals surface area contributed by atoms with Crippen LogP contribution in [0.1, 0.15) is 5.56 Å². The molecule has 0 amide bonds. The van der Waals surface area contributed by atoms with Crippen LogP contribution >= 0.6 is 0 Å². The van der Waals surface area contributed by atoms with Gasteiger partial charge in [-0.1, -0.05) is 6.07 Å². The van der Waals surface area contributed by atoms with Gasteiger partial charge in [0.25, 0.3) is 10.0 Å². The fourth-order valence-electron chi connectivity index (χ4n) is 1.68. The summed E-state index contributed by atoms with van der Waals surface area (Å²) in [7, 11) is -1.74. The number of hydrogen-bond acceptors (Lipinski definition) is 5. The van der Waals surface area contributed by atoms with Crippen LogP contribution in [-0.4, -0.2) is 36.5 Å². The summed E-state index contributed by atoms with van der Waals surface area (Å²) in [5.74, 6) is 0. The Balaban J connectivity index is 1.95. The lowest BCUT2D eigenvalue weighted by atomic mass is 10.3. The zero-order chi connectivity index (χ0) is 14.4. The number of nitrogens with one attached hydrogen (secondary N) is 2. The Morgan fingerprint density at radius 3 is 2.80 bits per heavy atom. The van der Waals surface area contributed by atoms with Crippen molar-refractivity contribution in [1.82, 2.24) is 24.6 Å². The minimum atomic E-state index is -3.56. The van der Waals surface area contributed by atoms with E-state index < -0.39 is 10.0 Å². The molecule has 0 bridgehead atoms. The highest BCUT2D eigenvalue weighted by Gasteiger charge is 2.14. The van der Waals surface area contributed by atoms with Crippen molar-refractivity contribution in [3.63, 3.8) is 0 Å². The van der Waals surface area contributed by atoms with Gasteiger partial charge in [-0.05, 0) is 18.7 Å². The summed E-state index contributed by atoms with van der Waals surface area (Å²) in [6.45, 7) is 1.47. The molecule has 7 nitrogen and oxygen atoms in total. The Bertz CT molecular complexity index is 622. The lowest BCUT2D eigenvalue weighted by Gasteiger charge is -2.07. The normalized spacial score (nSPS) is 11.7. The lowest BCUT2D eigenvalue weighted by Crippen LogP contribution is -2.28. The average molecular weight is 295 g/mol. The molecule has 0 unspecified atom stereocenters. The third kappa shape index (κ3) is 3.86. The minimum Gasteiger partial charge on any atom is -0.336 e. The molecule has 20 heavy (non-hydrogen) atoms. The number of pyridine rings is 1. The van der Waals surface area contributed by atoms with Gasteiger partial charge in [0.1, 0.15) is 0 Å². The van der Waals surface area contributed by atoms with Crippen molar-refractivity contribution in [3.8, 4) is 0 Å². The highest BCUT2D eigenvalue weighted by molar-refractivity contribution is 7.89. The van der Waals surface area contributed by atoms with Crippen LogP contribution in [0.15, 0.2) is 42.1 Å². The van der Waals surface area contributed by atoms with Crippen LogP contribution in [-0.2, 0) is 23.1 Å². The maximum atomic E-state index is 12.0. The fourth-order valence-corrected chi connectivity index (χ4v) is 2.63. The monoisotopic (exact) mass is 295 g/mol. The molecule has 8 heteroatoms. The number of aromatic nitrogens is 3. The molecule has 0 atom stereocenters. The summed E-state index contributed by atoms with van der Waals surface area (Å²) in [4.78, 5) is 7.87. The van der Waals surface area contributed by atoms with Gasteiger partial charge < -0.3 is 9.88 Å². The van der Waals surface area contributed by atoms with Gasteiger partial charge in [0.2, 0.25) is 0 Å². The van der Waals surface area contributed by atoms with Crippen molar-refractivity contribution in [1.29, 1.82) is 0 Å². The number of sulfonamides is 1. The van der Waals surface area contributed by atoms with Crippen LogP contribution in [0.4, 0.5) is 0 Å². The molecule has 0 aliphatic heterocycles. The Morgan fingerprint density at radius 2 is 2.20 bits per heavy atom. The van der Waals surface area contributed by atoms with Gasteiger partial charge in [-0.2, -0.15) is 0 Å². The van der Waals surface area contributed by atoms with E-state index in [2.05, 4.69) is 20.0 Å². The molecule has 2 aromatic heterocycles. The van der Waals surface area contributed by atoms with Crippen molar-refractivity contribution in [2.75, 3.05) is 13.6 Å². The lowest BCUT2D eigenvalue weighted by molar-refractivity contribution is 0.569. The van der Waals surface area contributed by atoms with Crippen molar-refractivity contribution in [2.24, 2.45) is 0 Å². The van der Waals surface area contributed by atoms with Crippen molar-refractivity contribution >= 4 is 10.0 Å². The third-order valence-corrected chi connectivity index (χ3v) is 4.05. The highest BCUT2D eigenvalue weighted by atomic mass is 32.2. The van der Waals surface area contributed by atoms with E-state index in [9.17, 15) is 8.42 Å². The third-order valence-electron chi connectivity index (χ3n) is 2.68. The molecule has 2 heterocycles. The standard InChI is InChI=1S/C12H17N5O2S/c1-13-8-11-2-3-12(15-9-11)20(18,19)16-5-7-17-6-4-14-10-17/h2-4,6,9-10,13,16H,5,7-8H2,1H3. The number of rotatable bonds is 7. The summed E-state index contributed by atoms with van der Waals surface area (Å²) in [5.41, 5.74) is 0.935. The summed E-state index contributed by atoms with van der Waals surface area (Å²) < 4.78 is 28.3. The van der Waals surface area contributed by atoms with Gasteiger partial charge in [-0.3, -0.25) is 0 Å². The summed E-state index contributed by atoms with van der Waals surface area (Å²) in [5, 5.41) is 3.01. The molecule has 0 saturated heterocycles. The van der Waals surface area contributed by atoms with Crippen LogP contribution in [0.2, 0.25) is 0 Å². The van der Waals surface area contributed by atoms with Crippen LogP contribution in [0, 0.1) is 0 Å². The maximum Gasteiger partial charge on any atom is 0.258 e. The molecule has 108 valence electrons. The fraction of sp³-hybridized carbons (Fsp3) is 0.333. The van der Waals surface area contributed by atoms with Crippen LogP contribution in [0.3, 0.4) is 0 Å². The van der Waals surface area contributed by atoms with Crippen LogP contribution in [0.5, 0.6) is 0 Å². The highest BCUT2D eigenvalue weighted by Crippen LogP contribution is 2.06. The summed E-state index contributed by atoms with van der Waals surface area (Å²) in [6, 6.07) is 3.25. The second-order valence-corrected chi connectivity index (χ2v) is 5.95. The van der Waals surface area contributed by atoms with Gasteiger partial charge >= 0.3 is 0 Å². The summed E-state index contributed by atoms with van der Waals surface area (Å²) >= 11 is 0. The van der Waals surface area contributed by atoms with Crippen molar-refractivity contribution in [2.45, 2.75) is 18.1 Å². The Hall–Kier alpha value is -1.77. The average Bonchev–Trinajstić information content (AvgIpc) is 2.93. The number of nitrogens with zero attached hydrogens (tertiary/aromatic N) is 3. The molecular weight excluding hydrogens is 278 g/mol. The van der Waals surface area contributed by atoms with Crippen molar-refractivity contribution < 1.29 is 8.42 Å². The first-order chi connectivity index (χ1) is 9.62. The first kappa shape index (κ1) is 14.6. The molecule has 0 aliphatic rings. The number of hydrogen-bond donors (Lipinski definition) is 2. The predicted molar refractivity (Wildman–Crippen MR) is 74.4 cm³/mol. The van der Waals surface area contributed by atoms with Gasteiger partial charge in [0.15, 0.2) is 5.03 Å². The van der Waals surface area contributed by atoms with E-state index in [0.29, 0.717) is 19.6 Å². The zero-order valence-electron chi connectivity index (χ0n) is 11.2. The Kier molecular flexibility index (Phi) is 4.83. The van der Waals surface area contributed by atoms with Crippen LogP contribution < -0.4 is 10.0 Å². The van der Waals surface area contributed by atoms with E-state index in [-0.39, 0.29) is 5.03 Å². The van der Waals surface area contributed by atoms with Gasteiger partial charge in [-0.25, -0.2) is 23.1 Å². The quantitative estimate of drug-likeness (QED) is 0.749. The largest absolute Gasteiger partial charge is 0.336 e. The van der Waals surface area contributed by atoms with E-state index in [1.54, 1.807) is 35.6 Å². The smallest absolute Gasteiger partial charge is 0.258 e. The second kappa shape index (κ2) is 6.60. The molecule has 0 aromatic carbocycles. The van der Waals surface area contributed by atoms with Gasteiger partial charge in [-0.15, -0.1) is 0 Å². The van der Waals surface area contributed by atoms with Crippen LogP contribution in [0.25, 0.3) is 0 Å². The number of imidazole rings is 1. The minimum absolute atomic E-state index is 0.0305. The second-order valence-electron chi connectivity index (χ2n) is 4.23. The molecular formula is C12H17N5O2S. The first-order valence-corrected chi connectivity index (χ1v) is 7.65. The topological polar surface area (TPSA) is 88.9 Å². The molecule has 0 spiro atoms.